The van der Waals surface area contributed by atoms with E-state index in [1.165, 1.54) is 16.5 Å². The Bertz CT molecular complexity index is 1180. The molecule has 0 fully saturated rings. The Kier molecular flexibility index (Phi) is 5.89. The van der Waals surface area contributed by atoms with E-state index >= 15 is 0 Å². The molecule has 1 aromatic heterocycles. The van der Waals surface area contributed by atoms with E-state index < -0.39 is 5.97 Å². The van der Waals surface area contributed by atoms with Gasteiger partial charge in [0.1, 0.15) is 0 Å². The molecule has 1 heterocycles. The topological polar surface area (TPSA) is 50.2 Å². The van der Waals surface area contributed by atoms with Gasteiger partial charge in [0, 0.05) is 11.1 Å². The molecule has 0 aliphatic carbocycles. The van der Waals surface area contributed by atoms with Crippen LogP contribution in [0.5, 0.6) is 0 Å². The summed E-state index contributed by atoms with van der Waals surface area (Å²) in [5, 5.41) is 10.7. The standard InChI is InChI=1S/C27H25NO2/c1-2-3-8-22-18-21(24-10-6-7-12-26(24)28-22)17-19-13-15-20(16-14-19)23-9-4-5-11-25(23)27(29)30/h4-7,9-16,18H,2-3,8,17H2,1H3,(H,29,30). The van der Waals surface area contributed by atoms with Crippen molar-refractivity contribution in [2.24, 2.45) is 0 Å². The van der Waals surface area contributed by atoms with Gasteiger partial charge in [-0.05, 0) is 59.7 Å². The lowest BCUT2D eigenvalue weighted by Crippen LogP contribution is -1.99. The first-order chi connectivity index (χ1) is 14.7. The molecule has 0 bridgehead atoms. The van der Waals surface area contributed by atoms with Crippen LogP contribution in [0.1, 0.15) is 46.9 Å². The molecule has 3 aromatic carbocycles. The van der Waals surface area contributed by atoms with E-state index in [9.17, 15) is 9.90 Å². The summed E-state index contributed by atoms with van der Waals surface area (Å²) in [4.78, 5) is 16.4. The summed E-state index contributed by atoms with van der Waals surface area (Å²) in [6.07, 6.45) is 4.12. The van der Waals surface area contributed by atoms with Gasteiger partial charge in [-0.2, -0.15) is 0 Å². The molecule has 4 aromatic rings. The first kappa shape index (κ1) is 19.8. The maximum absolute atomic E-state index is 11.5. The first-order valence-electron chi connectivity index (χ1n) is 10.4. The summed E-state index contributed by atoms with van der Waals surface area (Å²) < 4.78 is 0. The summed E-state index contributed by atoms with van der Waals surface area (Å²) in [6.45, 7) is 2.20. The van der Waals surface area contributed by atoms with Gasteiger partial charge in [0.2, 0.25) is 0 Å². The van der Waals surface area contributed by atoms with Crippen molar-refractivity contribution in [3.63, 3.8) is 0 Å². The molecule has 0 amide bonds. The highest BCUT2D eigenvalue weighted by molar-refractivity contribution is 5.96. The Morgan fingerprint density at radius 1 is 0.933 bits per heavy atom. The van der Waals surface area contributed by atoms with Gasteiger partial charge in [0.05, 0.1) is 11.1 Å². The van der Waals surface area contributed by atoms with Crippen LogP contribution in [0, 0.1) is 0 Å². The van der Waals surface area contributed by atoms with Crippen LogP contribution >= 0.6 is 0 Å². The third-order valence-corrected chi connectivity index (χ3v) is 5.46. The zero-order valence-corrected chi connectivity index (χ0v) is 17.1. The van der Waals surface area contributed by atoms with Crippen LogP contribution in [0.2, 0.25) is 0 Å². The number of carboxylic acids is 1. The summed E-state index contributed by atoms with van der Waals surface area (Å²) >= 11 is 0. The molecule has 3 heteroatoms. The number of unbranched alkanes of at least 4 members (excludes halogenated alkanes) is 1. The minimum Gasteiger partial charge on any atom is -0.478 e. The van der Waals surface area contributed by atoms with Crippen LogP contribution in [-0.2, 0) is 12.8 Å². The van der Waals surface area contributed by atoms with E-state index in [0.29, 0.717) is 5.56 Å². The van der Waals surface area contributed by atoms with Crippen molar-refractivity contribution in [1.29, 1.82) is 0 Å². The highest BCUT2D eigenvalue weighted by atomic mass is 16.4. The molecule has 0 atom stereocenters. The maximum Gasteiger partial charge on any atom is 0.336 e. The number of para-hydroxylation sites is 1. The highest BCUT2D eigenvalue weighted by Crippen LogP contribution is 2.26. The molecule has 0 unspecified atom stereocenters. The van der Waals surface area contributed by atoms with Crippen LogP contribution in [0.3, 0.4) is 0 Å². The third kappa shape index (κ3) is 4.25. The number of benzene rings is 3. The van der Waals surface area contributed by atoms with Crippen LogP contribution < -0.4 is 0 Å². The zero-order valence-electron chi connectivity index (χ0n) is 17.1. The van der Waals surface area contributed by atoms with Gasteiger partial charge in [0.15, 0.2) is 0 Å². The van der Waals surface area contributed by atoms with E-state index in [1.807, 2.05) is 30.3 Å². The van der Waals surface area contributed by atoms with E-state index in [4.69, 9.17) is 4.98 Å². The van der Waals surface area contributed by atoms with Crippen molar-refractivity contribution in [3.8, 4) is 11.1 Å². The SMILES string of the molecule is CCCCc1cc(Cc2ccc(-c3ccccc3C(=O)O)cc2)c2ccccc2n1. The van der Waals surface area contributed by atoms with E-state index in [0.717, 1.165) is 48.0 Å². The summed E-state index contributed by atoms with van der Waals surface area (Å²) in [7, 11) is 0. The van der Waals surface area contributed by atoms with Crippen molar-refractivity contribution >= 4 is 16.9 Å². The average molecular weight is 396 g/mol. The minimum absolute atomic E-state index is 0.325. The van der Waals surface area contributed by atoms with Crippen molar-refractivity contribution in [2.45, 2.75) is 32.6 Å². The van der Waals surface area contributed by atoms with E-state index in [-0.39, 0.29) is 0 Å². The molecule has 30 heavy (non-hydrogen) atoms. The van der Waals surface area contributed by atoms with Crippen LogP contribution in [0.25, 0.3) is 22.0 Å². The molecule has 0 spiro atoms. The number of aromatic nitrogens is 1. The number of rotatable bonds is 7. The molecule has 0 radical (unpaired) electrons. The number of nitrogens with zero attached hydrogens (tertiary/aromatic N) is 1. The smallest absolute Gasteiger partial charge is 0.336 e. The summed E-state index contributed by atoms with van der Waals surface area (Å²) in [5.41, 5.74) is 6.67. The van der Waals surface area contributed by atoms with Gasteiger partial charge in [0.25, 0.3) is 0 Å². The Balaban J connectivity index is 1.65. The monoisotopic (exact) mass is 395 g/mol. The fraction of sp³-hybridized carbons (Fsp3) is 0.185. The number of hydrogen-bond acceptors (Lipinski definition) is 2. The van der Waals surface area contributed by atoms with Gasteiger partial charge < -0.3 is 5.11 Å². The molecule has 150 valence electrons. The summed E-state index contributed by atoms with van der Waals surface area (Å²) in [6, 6.07) is 25.9. The van der Waals surface area contributed by atoms with E-state index in [1.54, 1.807) is 12.1 Å². The molecule has 4 rings (SSSR count). The second-order valence-electron chi connectivity index (χ2n) is 7.62. The van der Waals surface area contributed by atoms with Crippen LogP contribution in [-0.4, -0.2) is 16.1 Å². The lowest BCUT2D eigenvalue weighted by Gasteiger charge is -2.11. The predicted molar refractivity (Wildman–Crippen MR) is 122 cm³/mol. The quantitative estimate of drug-likeness (QED) is 0.387. The van der Waals surface area contributed by atoms with Gasteiger partial charge in [-0.15, -0.1) is 0 Å². The fourth-order valence-corrected chi connectivity index (χ4v) is 3.88. The second-order valence-corrected chi connectivity index (χ2v) is 7.62. The van der Waals surface area contributed by atoms with Crippen molar-refractivity contribution < 1.29 is 9.90 Å². The minimum atomic E-state index is -0.905. The Morgan fingerprint density at radius 2 is 1.67 bits per heavy atom. The molecular weight excluding hydrogens is 370 g/mol. The molecular formula is C27H25NO2. The first-order valence-corrected chi connectivity index (χ1v) is 10.4. The molecule has 0 saturated carbocycles. The molecule has 1 N–H and O–H groups in total. The molecule has 3 nitrogen and oxygen atoms in total. The normalized spacial score (nSPS) is 11.0. The number of fused-ring (bicyclic) bond motifs is 1. The van der Waals surface area contributed by atoms with Crippen LogP contribution in [0.4, 0.5) is 0 Å². The number of aryl methyl sites for hydroxylation is 1. The van der Waals surface area contributed by atoms with Crippen molar-refractivity contribution in [3.05, 3.63) is 101 Å². The van der Waals surface area contributed by atoms with Gasteiger partial charge in [-0.3, -0.25) is 4.98 Å². The zero-order chi connectivity index (χ0) is 20.9. The molecule has 0 aliphatic rings. The molecule has 0 saturated heterocycles. The lowest BCUT2D eigenvalue weighted by atomic mass is 9.95. The number of pyridine rings is 1. The van der Waals surface area contributed by atoms with Gasteiger partial charge >= 0.3 is 5.97 Å². The molecule has 0 aliphatic heterocycles. The third-order valence-electron chi connectivity index (χ3n) is 5.46. The number of carboxylic acid groups (broad SMARTS) is 1. The van der Waals surface area contributed by atoms with E-state index in [2.05, 4.69) is 43.3 Å². The predicted octanol–water partition coefficient (Wildman–Crippen LogP) is 6.53. The lowest BCUT2D eigenvalue weighted by molar-refractivity contribution is 0.0697. The highest BCUT2D eigenvalue weighted by Gasteiger charge is 2.11. The van der Waals surface area contributed by atoms with Crippen molar-refractivity contribution in [1.82, 2.24) is 4.98 Å². The number of aromatic carboxylic acids is 1. The largest absolute Gasteiger partial charge is 0.478 e. The fourth-order valence-electron chi connectivity index (χ4n) is 3.88. The maximum atomic E-state index is 11.5. The Hall–Kier alpha value is -3.46. The Morgan fingerprint density at radius 3 is 2.43 bits per heavy atom. The second kappa shape index (κ2) is 8.91. The summed E-state index contributed by atoms with van der Waals surface area (Å²) in [5.74, 6) is -0.905. The number of carbonyl (C=O) groups is 1. The van der Waals surface area contributed by atoms with Gasteiger partial charge in [-0.25, -0.2) is 4.79 Å². The number of hydrogen-bond donors (Lipinski definition) is 1. The van der Waals surface area contributed by atoms with Crippen LogP contribution in [0.15, 0.2) is 78.9 Å². The Labute approximate surface area is 177 Å². The van der Waals surface area contributed by atoms with Crippen molar-refractivity contribution in [2.75, 3.05) is 0 Å². The van der Waals surface area contributed by atoms with Gasteiger partial charge in [-0.1, -0.05) is 74.0 Å². The average Bonchev–Trinajstić information content (AvgIpc) is 2.78.